The molecular weight excluding hydrogens is 371 g/mol. The zero-order valence-electron chi connectivity index (χ0n) is 14.5. The van der Waals surface area contributed by atoms with Crippen molar-refractivity contribution in [2.75, 3.05) is 32.0 Å². The molecule has 26 heavy (non-hydrogen) atoms. The van der Waals surface area contributed by atoms with Crippen molar-refractivity contribution in [3.05, 3.63) is 5.82 Å². The summed E-state index contributed by atoms with van der Waals surface area (Å²) in [5.74, 6) is -1.50. The first kappa shape index (κ1) is 18.9. The number of anilines is 1. The predicted molar refractivity (Wildman–Crippen MR) is 88.5 cm³/mol. The van der Waals surface area contributed by atoms with Gasteiger partial charge in [-0.1, -0.05) is 0 Å². The summed E-state index contributed by atoms with van der Waals surface area (Å²) in [5.41, 5.74) is -0.457. The molecule has 2 saturated heterocycles. The molecule has 0 spiro atoms. The lowest BCUT2D eigenvalue weighted by Crippen LogP contribution is -2.50. The number of hydrogen-bond donors (Lipinski definition) is 1. The van der Waals surface area contributed by atoms with Gasteiger partial charge in [0.25, 0.3) is 0 Å². The van der Waals surface area contributed by atoms with Gasteiger partial charge in [-0.25, -0.2) is 0 Å². The molecule has 1 atom stereocenters. The number of hydrogen-bond acceptors (Lipinski definition) is 6. The number of halogens is 3. The molecule has 1 aromatic rings. The van der Waals surface area contributed by atoms with Crippen molar-refractivity contribution >= 4 is 28.5 Å². The van der Waals surface area contributed by atoms with Crippen molar-refractivity contribution in [2.45, 2.75) is 37.9 Å². The summed E-state index contributed by atoms with van der Waals surface area (Å²) in [6.07, 6.45) is -3.16. The Balaban J connectivity index is 1.56. The van der Waals surface area contributed by atoms with Gasteiger partial charge >= 0.3 is 6.18 Å². The summed E-state index contributed by atoms with van der Waals surface area (Å²) in [5, 5.41) is 3.16. The highest BCUT2D eigenvalue weighted by Gasteiger charge is 2.40. The van der Waals surface area contributed by atoms with Gasteiger partial charge in [0.15, 0.2) is 0 Å². The number of piperidine rings is 1. The second-order valence-electron chi connectivity index (χ2n) is 7.11. The fraction of sp³-hybridized carbons (Fsp3) is 0.733. The normalized spacial score (nSPS) is 23.4. The van der Waals surface area contributed by atoms with Crippen LogP contribution in [0.1, 0.15) is 32.0 Å². The Morgan fingerprint density at radius 2 is 2.00 bits per heavy atom. The summed E-state index contributed by atoms with van der Waals surface area (Å²) >= 11 is 0.681. The van der Waals surface area contributed by atoms with Crippen LogP contribution in [0.3, 0.4) is 0 Å². The van der Waals surface area contributed by atoms with Gasteiger partial charge in [-0.2, -0.15) is 22.5 Å². The molecule has 0 saturated carbocycles. The van der Waals surface area contributed by atoms with Gasteiger partial charge in [0.05, 0.1) is 5.92 Å². The van der Waals surface area contributed by atoms with Crippen LogP contribution in [0.2, 0.25) is 0 Å². The van der Waals surface area contributed by atoms with E-state index >= 15 is 0 Å². The lowest BCUT2D eigenvalue weighted by molar-refractivity contribution is -0.144. The second-order valence-corrected chi connectivity index (χ2v) is 7.86. The van der Waals surface area contributed by atoms with Crippen molar-refractivity contribution < 1.29 is 22.8 Å². The summed E-state index contributed by atoms with van der Waals surface area (Å²) < 4.78 is 41.1. The summed E-state index contributed by atoms with van der Waals surface area (Å²) in [6.45, 7) is 3.31. The first-order chi connectivity index (χ1) is 12.1. The van der Waals surface area contributed by atoms with Crippen LogP contribution in [0.5, 0.6) is 0 Å². The highest BCUT2D eigenvalue weighted by Crippen LogP contribution is 2.32. The molecule has 1 unspecified atom stereocenters. The minimum atomic E-state index is -4.56. The van der Waals surface area contributed by atoms with E-state index in [1.54, 1.807) is 16.8 Å². The van der Waals surface area contributed by atoms with E-state index in [2.05, 4.69) is 14.7 Å². The molecule has 2 aliphatic heterocycles. The van der Waals surface area contributed by atoms with Crippen molar-refractivity contribution in [3.8, 4) is 0 Å². The average Bonchev–Trinajstić information content (AvgIpc) is 3.14. The van der Waals surface area contributed by atoms with Crippen LogP contribution >= 0.6 is 11.5 Å². The molecule has 2 fully saturated rings. The van der Waals surface area contributed by atoms with Gasteiger partial charge in [0.2, 0.25) is 22.8 Å². The second kappa shape index (κ2) is 6.67. The Labute approximate surface area is 152 Å². The van der Waals surface area contributed by atoms with E-state index in [-0.39, 0.29) is 29.3 Å². The smallest absolute Gasteiger partial charge is 0.355 e. The summed E-state index contributed by atoms with van der Waals surface area (Å²) in [6, 6.07) is 0. The number of likely N-dealkylation sites (tertiary alicyclic amines) is 2. The van der Waals surface area contributed by atoms with Gasteiger partial charge in [0.1, 0.15) is 0 Å². The molecule has 0 radical (unpaired) electrons. The Kier molecular flexibility index (Phi) is 4.84. The van der Waals surface area contributed by atoms with Gasteiger partial charge in [0, 0.05) is 50.2 Å². The first-order valence-electron chi connectivity index (χ1n) is 8.29. The highest BCUT2D eigenvalue weighted by molar-refractivity contribution is 7.09. The molecule has 2 aliphatic rings. The maximum absolute atomic E-state index is 12.6. The van der Waals surface area contributed by atoms with E-state index < -0.39 is 17.5 Å². The van der Waals surface area contributed by atoms with Gasteiger partial charge in [-0.15, -0.1) is 0 Å². The topological polar surface area (TPSA) is 78.4 Å². The average molecular weight is 391 g/mol. The minimum absolute atomic E-state index is 0.0244. The largest absolute Gasteiger partial charge is 0.452 e. The Bertz CT molecular complexity index is 700. The quantitative estimate of drug-likeness (QED) is 0.851. The summed E-state index contributed by atoms with van der Waals surface area (Å²) in [4.78, 5) is 31.0. The minimum Gasteiger partial charge on any atom is -0.355 e. The lowest BCUT2D eigenvalue weighted by atomic mass is 9.89. The number of rotatable bonds is 3. The third-order valence-corrected chi connectivity index (χ3v) is 5.59. The van der Waals surface area contributed by atoms with E-state index in [4.69, 9.17) is 0 Å². The first-order valence-corrected chi connectivity index (χ1v) is 9.07. The SMILES string of the molecule is CN1CC(C(=O)N2CCC(C)(Nc3nc(C(F)(F)F)ns3)CC2)CC1=O. The number of alkyl halides is 3. The van der Waals surface area contributed by atoms with Gasteiger partial charge in [-0.3, -0.25) is 9.59 Å². The molecule has 1 aromatic heterocycles. The molecule has 3 rings (SSSR count). The van der Waals surface area contributed by atoms with Crippen LogP contribution < -0.4 is 5.32 Å². The molecule has 1 N–H and O–H groups in total. The number of carbonyl (C=O) groups is 2. The van der Waals surface area contributed by atoms with Crippen molar-refractivity contribution in [1.29, 1.82) is 0 Å². The third-order valence-electron chi connectivity index (χ3n) is 4.96. The van der Waals surface area contributed by atoms with Crippen LogP contribution in [0.15, 0.2) is 0 Å². The number of aromatic nitrogens is 2. The molecule has 0 bridgehead atoms. The van der Waals surface area contributed by atoms with Gasteiger partial charge in [-0.05, 0) is 19.8 Å². The molecule has 3 heterocycles. The monoisotopic (exact) mass is 391 g/mol. The molecular formula is C15H20F3N5O2S. The van der Waals surface area contributed by atoms with Crippen LogP contribution in [0.25, 0.3) is 0 Å². The highest BCUT2D eigenvalue weighted by atomic mass is 32.1. The fourth-order valence-electron chi connectivity index (χ4n) is 3.28. The molecule has 0 aliphatic carbocycles. The van der Waals surface area contributed by atoms with Crippen LogP contribution in [0.4, 0.5) is 18.3 Å². The van der Waals surface area contributed by atoms with E-state index in [9.17, 15) is 22.8 Å². The Morgan fingerprint density at radius 3 is 2.50 bits per heavy atom. The van der Waals surface area contributed by atoms with Gasteiger partial charge < -0.3 is 15.1 Å². The van der Waals surface area contributed by atoms with E-state index in [0.29, 0.717) is 44.0 Å². The molecule has 0 aromatic carbocycles. The lowest BCUT2D eigenvalue weighted by Gasteiger charge is -2.40. The van der Waals surface area contributed by atoms with Crippen LogP contribution in [-0.4, -0.2) is 63.2 Å². The standard InChI is InChI=1S/C15H20F3N5O2S/c1-14(20-13-19-12(21-26-13)15(16,17)18)3-5-23(6-4-14)11(25)9-7-10(24)22(2)8-9/h9H,3-8H2,1-2H3,(H,19,20,21). The number of amides is 2. The van der Waals surface area contributed by atoms with Crippen molar-refractivity contribution in [3.63, 3.8) is 0 Å². The van der Waals surface area contributed by atoms with Crippen molar-refractivity contribution in [1.82, 2.24) is 19.2 Å². The fourth-order valence-corrected chi connectivity index (χ4v) is 4.02. The zero-order valence-corrected chi connectivity index (χ0v) is 15.3. The zero-order chi connectivity index (χ0) is 19.1. The number of nitrogens with one attached hydrogen (secondary N) is 1. The van der Waals surface area contributed by atoms with E-state index in [0.717, 1.165) is 0 Å². The summed E-state index contributed by atoms with van der Waals surface area (Å²) in [7, 11) is 1.68. The molecule has 7 nitrogen and oxygen atoms in total. The third kappa shape index (κ3) is 3.92. The maximum atomic E-state index is 12.6. The van der Waals surface area contributed by atoms with Crippen LogP contribution in [-0.2, 0) is 15.8 Å². The molecule has 144 valence electrons. The Hall–Kier alpha value is -1.91. The van der Waals surface area contributed by atoms with E-state index in [1.165, 1.54) is 0 Å². The molecule has 11 heteroatoms. The number of nitrogens with zero attached hydrogens (tertiary/aromatic N) is 4. The Morgan fingerprint density at radius 1 is 1.35 bits per heavy atom. The van der Waals surface area contributed by atoms with Crippen LogP contribution in [0, 0.1) is 5.92 Å². The van der Waals surface area contributed by atoms with Crippen molar-refractivity contribution in [2.24, 2.45) is 5.92 Å². The van der Waals surface area contributed by atoms with E-state index in [1.807, 2.05) is 6.92 Å². The number of carbonyl (C=O) groups excluding carboxylic acids is 2. The maximum Gasteiger partial charge on any atom is 0.452 e. The molecule has 2 amide bonds. The predicted octanol–water partition coefficient (Wildman–Crippen LogP) is 1.83.